The SMILES string of the molecule is CCc1cnc(N)c(C#N)c1C. The molecular formula is C9H11N3. The third-order valence-corrected chi connectivity index (χ3v) is 1.96. The highest BCUT2D eigenvalue weighted by Crippen LogP contribution is 2.16. The molecule has 3 heteroatoms. The van der Waals surface area contributed by atoms with Crippen LogP contribution in [0.25, 0.3) is 0 Å². The fourth-order valence-corrected chi connectivity index (χ4v) is 1.16. The maximum Gasteiger partial charge on any atom is 0.141 e. The zero-order valence-corrected chi connectivity index (χ0v) is 7.26. The Bertz CT molecular complexity index is 336. The van der Waals surface area contributed by atoms with Gasteiger partial charge in [0.05, 0.1) is 5.56 Å². The van der Waals surface area contributed by atoms with Gasteiger partial charge >= 0.3 is 0 Å². The second kappa shape index (κ2) is 3.22. The molecule has 1 rings (SSSR count). The first-order valence-electron chi connectivity index (χ1n) is 3.84. The summed E-state index contributed by atoms with van der Waals surface area (Å²) in [6, 6.07) is 2.05. The normalized spacial score (nSPS) is 9.42. The summed E-state index contributed by atoms with van der Waals surface area (Å²) in [5, 5.41) is 8.75. The molecule has 1 aromatic rings. The summed E-state index contributed by atoms with van der Waals surface area (Å²) in [6.07, 6.45) is 2.61. The molecule has 0 aliphatic heterocycles. The summed E-state index contributed by atoms with van der Waals surface area (Å²) in [6.45, 7) is 3.93. The summed E-state index contributed by atoms with van der Waals surface area (Å²) in [5.41, 5.74) is 8.07. The highest BCUT2D eigenvalue weighted by molar-refractivity contribution is 5.54. The van der Waals surface area contributed by atoms with Crippen molar-refractivity contribution in [1.82, 2.24) is 4.98 Å². The minimum atomic E-state index is 0.326. The van der Waals surface area contributed by atoms with Gasteiger partial charge in [-0.05, 0) is 24.5 Å². The van der Waals surface area contributed by atoms with E-state index in [0.717, 1.165) is 17.5 Å². The zero-order chi connectivity index (χ0) is 9.14. The van der Waals surface area contributed by atoms with E-state index < -0.39 is 0 Å². The molecule has 12 heavy (non-hydrogen) atoms. The summed E-state index contributed by atoms with van der Waals surface area (Å²) in [5.74, 6) is 0.326. The minimum absolute atomic E-state index is 0.326. The quantitative estimate of drug-likeness (QED) is 0.677. The third-order valence-electron chi connectivity index (χ3n) is 1.96. The average molecular weight is 161 g/mol. The van der Waals surface area contributed by atoms with Gasteiger partial charge in [-0.3, -0.25) is 0 Å². The molecule has 1 aromatic heterocycles. The molecule has 0 saturated heterocycles. The van der Waals surface area contributed by atoms with Crippen LogP contribution >= 0.6 is 0 Å². The fourth-order valence-electron chi connectivity index (χ4n) is 1.16. The van der Waals surface area contributed by atoms with Crippen molar-refractivity contribution in [3.8, 4) is 6.07 Å². The van der Waals surface area contributed by atoms with Gasteiger partial charge in [-0.1, -0.05) is 6.92 Å². The van der Waals surface area contributed by atoms with Crippen molar-refractivity contribution in [1.29, 1.82) is 5.26 Å². The number of aryl methyl sites for hydroxylation is 1. The molecule has 0 aliphatic rings. The van der Waals surface area contributed by atoms with E-state index in [9.17, 15) is 0 Å². The van der Waals surface area contributed by atoms with Crippen molar-refractivity contribution < 1.29 is 0 Å². The molecule has 0 spiro atoms. The van der Waals surface area contributed by atoms with E-state index in [1.165, 1.54) is 0 Å². The Morgan fingerprint density at radius 2 is 2.33 bits per heavy atom. The molecule has 1 heterocycles. The average Bonchev–Trinajstić information content (AvgIpc) is 2.06. The molecule has 0 fully saturated rings. The summed E-state index contributed by atoms with van der Waals surface area (Å²) < 4.78 is 0. The predicted molar refractivity (Wildman–Crippen MR) is 47.5 cm³/mol. The van der Waals surface area contributed by atoms with Crippen LogP contribution in [0, 0.1) is 18.3 Å². The number of nitrogens with two attached hydrogens (primary N) is 1. The maximum absolute atomic E-state index is 8.75. The predicted octanol–water partition coefficient (Wildman–Crippen LogP) is 1.41. The van der Waals surface area contributed by atoms with E-state index in [-0.39, 0.29) is 0 Å². The molecule has 2 N–H and O–H groups in total. The van der Waals surface area contributed by atoms with Crippen LogP contribution in [0.4, 0.5) is 5.82 Å². The number of pyridine rings is 1. The lowest BCUT2D eigenvalue weighted by Crippen LogP contribution is -2.00. The molecule has 0 atom stereocenters. The van der Waals surface area contributed by atoms with Gasteiger partial charge in [0.25, 0.3) is 0 Å². The van der Waals surface area contributed by atoms with Gasteiger partial charge in [0.1, 0.15) is 11.9 Å². The van der Waals surface area contributed by atoms with Crippen LogP contribution in [-0.4, -0.2) is 4.98 Å². The highest BCUT2D eigenvalue weighted by atomic mass is 14.8. The van der Waals surface area contributed by atoms with E-state index in [0.29, 0.717) is 11.4 Å². The molecule has 0 aromatic carbocycles. The smallest absolute Gasteiger partial charge is 0.141 e. The largest absolute Gasteiger partial charge is 0.383 e. The Balaban J connectivity index is 3.36. The Labute approximate surface area is 71.8 Å². The van der Waals surface area contributed by atoms with Crippen molar-refractivity contribution >= 4 is 5.82 Å². The van der Waals surface area contributed by atoms with E-state index in [1.807, 2.05) is 13.8 Å². The molecule has 0 amide bonds. The van der Waals surface area contributed by atoms with Crippen LogP contribution in [-0.2, 0) is 6.42 Å². The van der Waals surface area contributed by atoms with E-state index >= 15 is 0 Å². The van der Waals surface area contributed by atoms with Crippen molar-refractivity contribution in [3.63, 3.8) is 0 Å². The Morgan fingerprint density at radius 1 is 1.67 bits per heavy atom. The number of rotatable bonds is 1. The summed E-state index contributed by atoms with van der Waals surface area (Å²) >= 11 is 0. The van der Waals surface area contributed by atoms with Crippen molar-refractivity contribution in [3.05, 3.63) is 22.9 Å². The van der Waals surface area contributed by atoms with Crippen molar-refractivity contribution in [2.45, 2.75) is 20.3 Å². The monoisotopic (exact) mass is 161 g/mol. The third kappa shape index (κ3) is 1.24. The Morgan fingerprint density at radius 3 is 2.83 bits per heavy atom. The van der Waals surface area contributed by atoms with Crippen LogP contribution in [0.3, 0.4) is 0 Å². The van der Waals surface area contributed by atoms with Crippen LogP contribution in [0.1, 0.15) is 23.6 Å². The second-order valence-electron chi connectivity index (χ2n) is 2.63. The lowest BCUT2D eigenvalue weighted by atomic mass is 10.0. The standard InChI is InChI=1S/C9H11N3/c1-3-7-5-12-9(11)8(4-10)6(7)2/h5H,3H2,1-2H3,(H2,11,12). The molecule has 0 bridgehead atoms. The highest BCUT2D eigenvalue weighted by Gasteiger charge is 2.06. The van der Waals surface area contributed by atoms with Crippen LogP contribution in [0.2, 0.25) is 0 Å². The van der Waals surface area contributed by atoms with Crippen molar-refractivity contribution in [2.24, 2.45) is 0 Å². The van der Waals surface area contributed by atoms with Gasteiger partial charge < -0.3 is 5.73 Å². The van der Waals surface area contributed by atoms with Gasteiger partial charge in [0.2, 0.25) is 0 Å². The van der Waals surface area contributed by atoms with E-state index in [2.05, 4.69) is 11.1 Å². The van der Waals surface area contributed by atoms with Gasteiger partial charge in [-0.15, -0.1) is 0 Å². The number of nitrogens with zero attached hydrogens (tertiary/aromatic N) is 2. The molecule has 0 saturated carbocycles. The number of anilines is 1. The van der Waals surface area contributed by atoms with E-state index in [1.54, 1.807) is 6.20 Å². The summed E-state index contributed by atoms with van der Waals surface area (Å²) in [4.78, 5) is 3.94. The fraction of sp³-hybridized carbons (Fsp3) is 0.333. The number of nitriles is 1. The van der Waals surface area contributed by atoms with Crippen LogP contribution in [0.15, 0.2) is 6.20 Å². The van der Waals surface area contributed by atoms with Crippen LogP contribution < -0.4 is 5.73 Å². The first kappa shape index (κ1) is 8.54. The second-order valence-corrected chi connectivity index (χ2v) is 2.63. The van der Waals surface area contributed by atoms with Crippen molar-refractivity contribution in [2.75, 3.05) is 5.73 Å². The molecule has 0 radical (unpaired) electrons. The Kier molecular flexibility index (Phi) is 2.29. The number of hydrogen-bond acceptors (Lipinski definition) is 3. The lowest BCUT2D eigenvalue weighted by Gasteiger charge is -2.05. The molecule has 0 unspecified atom stereocenters. The van der Waals surface area contributed by atoms with Gasteiger partial charge in [0, 0.05) is 6.20 Å². The lowest BCUT2D eigenvalue weighted by molar-refractivity contribution is 1.07. The molecule has 0 aliphatic carbocycles. The van der Waals surface area contributed by atoms with Gasteiger partial charge in [-0.25, -0.2) is 4.98 Å². The zero-order valence-electron chi connectivity index (χ0n) is 7.26. The van der Waals surface area contributed by atoms with Gasteiger partial charge in [0.15, 0.2) is 0 Å². The summed E-state index contributed by atoms with van der Waals surface area (Å²) in [7, 11) is 0. The number of nitrogen functional groups attached to an aromatic ring is 1. The first-order valence-corrected chi connectivity index (χ1v) is 3.84. The molecule has 3 nitrogen and oxygen atoms in total. The topological polar surface area (TPSA) is 62.7 Å². The number of hydrogen-bond donors (Lipinski definition) is 1. The first-order chi connectivity index (χ1) is 5.70. The Hall–Kier alpha value is -1.56. The van der Waals surface area contributed by atoms with E-state index in [4.69, 9.17) is 11.0 Å². The molecule has 62 valence electrons. The van der Waals surface area contributed by atoms with Crippen LogP contribution in [0.5, 0.6) is 0 Å². The maximum atomic E-state index is 8.75. The van der Waals surface area contributed by atoms with Gasteiger partial charge in [-0.2, -0.15) is 5.26 Å². The minimum Gasteiger partial charge on any atom is -0.383 e. The molecular weight excluding hydrogens is 150 g/mol. The number of aromatic nitrogens is 1.